The summed E-state index contributed by atoms with van der Waals surface area (Å²) in [4.78, 5) is 0. The van der Waals surface area contributed by atoms with Crippen LogP contribution in [0.5, 0.6) is 0 Å². The van der Waals surface area contributed by atoms with Crippen molar-refractivity contribution in [2.24, 2.45) is 17.1 Å². The van der Waals surface area contributed by atoms with Gasteiger partial charge in [-0.3, -0.25) is 0 Å². The van der Waals surface area contributed by atoms with Gasteiger partial charge < -0.3 is 5.73 Å². The van der Waals surface area contributed by atoms with Crippen LogP contribution in [0.4, 0.5) is 0 Å². The van der Waals surface area contributed by atoms with Crippen molar-refractivity contribution in [2.75, 3.05) is 0 Å². The minimum absolute atomic E-state index is 0.0942. The highest BCUT2D eigenvalue weighted by atomic mass is 32.1. The van der Waals surface area contributed by atoms with Crippen LogP contribution in [0.25, 0.3) is 0 Å². The van der Waals surface area contributed by atoms with Crippen LogP contribution in [-0.2, 0) is 0 Å². The van der Waals surface area contributed by atoms with Crippen LogP contribution in [0.15, 0.2) is 0 Å². The Labute approximate surface area is 62.4 Å². The van der Waals surface area contributed by atoms with Gasteiger partial charge in [0.15, 0.2) is 0 Å². The van der Waals surface area contributed by atoms with Gasteiger partial charge in [-0.15, -0.1) is 0 Å². The zero-order valence-corrected chi connectivity index (χ0v) is 6.99. The normalized spacial score (nSPS) is 34.0. The van der Waals surface area contributed by atoms with Crippen LogP contribution in [0.2, 0.25) is 0 Å². The van der Waals surface area contributed by atoms with E-state index in [4.69, 9.17) is 5.73 Å². The largest absolute Gasteiger partial charge is 0.320 e. The number of hydrogen-bond acceptors (Lipinski definition) is 2. The first-order chi connectivity index (χ1) is 4.02. The maximum Gasteiger partial charge on any atom is 0.0480 e. The molecule has 54 valence electrons. The second-order valence-corrected chi connectivity index (χ2v) is 4.36. The molecular weight excluding hydrogens is 130 g/mol. The van der Waals surface area contributed by atoms with Crippen molar-refractivity contribution in [1.29, 1.82) is 0 Å². The Morgan fingerprint density at radius 3 is 2.33 bits per heavy atom. The van der Waals surface area contributed by atoms with E-state index in [1.807, 2.05) is 0 Å². The summed E-state index contributed by atoms with van der Waals surface area (Å²) in [6.45, 7) is 4.57. The summed E-state index contributed by atoms with van der Waals surface area (Å²) < 4.78 is 0. The summed E-state index contributed by atoms with van der Waals surface area (Å²) in [6, 6.07) is 0. The lowest BCUT2D eigenvalue weighted by molar-refractivity contribution is 0.529. The van der Waals surface area contributed by atoms with Gasteiger partial charge in [0.1, 0.15) is 0 Å². The molecule has 1 aliphatic rings. The van der Waals surface area contributed by atoms with E-state index >= 15 is 0 Å². The Morgan fingerprint density at radius 2 is 2.22 bits per heavy atom. The molecule has 2 N–H and O–H groups in total. The number of rotatable bonds is 2. The van der Waals surface area contributed by atoms with Crippen LogP contribution < -0.4 is 5.73 Å². The fourth-order valence-electron chi connectivity index (χ4n) is 1.27. The number of hydrogen-bond donors (Lipinski definition) is 2. The van der Waals surface area contributed by atoms with Crippen LogP contribution >= 0.6 is 12.6 Å². The SMILES string of the molecule is CC1(C)CC1C[C@@H](N)S. The zero-order chi connectivity index (χ0) is 7.07. The third-order valence-corrected chi connectivity index (χ3v) is 2.45. The highest BCUT2D eigenvalue weighted by Crippen LogP contribution is 2.53. The van der Waals surface area contributed by atoms with Gasteiger partial charge in [0.05, 0.1) is 0 Å². The quantitative estimate of drug-likeness (QED) is 0.448. The topological polar surface area (TPSA) is 26.0 Å². The molecule has 2 atom stereocenters. The standard InChI is InChI=1S/C7H15NS/c1-7(2)4-5(7)3-6(8)9/h5-6,9H,3-4,8H2,1-2H3/t5?,6-/m0/s1. The molecule has 0 heterocycles. The van der Waals surface area contributed by atoms with Crippen molar-refractivity contribution in [3.8, 4) is 0 Å². The molecule has 1 unspecified atom stereocenters. The summed E-state index contributed by atoms with van der Waals surface area (Å²) in [5.74, 6) is 0.838. The molecule has 0 aliphatic heterocycles. The van der Waals surface area contributed by atoms with E-state index in [1.165, 1.54) is 6.42 Å². The maximum absolute atomic E-state index is 5.52. The van der Waals surface area contributed by atoms with Gasteiger partial charge in [-0.2, -0.15) is 12.6 Å². The first-order valence-corrected chi connectivity index (χ1v) is 3.97. The van der Waals surface area contributed by atoms with Gasteiger partial charge in [-0.1, -0.05) is 13.8 Å². The average Bonchev–Trinajstić information content (AvgIpc) is 2.10. The fraction of sp³-hybridized carbons (Fsp3) is 1.00. The molecular formula is C7H15NS. The highest BCUT2D eigenvalue weighted by molar-refractivity contribution is 7.80. The first kappa shape index (κ1) is 7.42. The highest BCUT2D eigenvalue weighted by Gasteiger charge is 2.45. The van der Waals surface area contributed by atoms with Crippen molar-refractivity contribution in [3.05, 3.63) is 0 Å². The van der Waals surface area contributed by atoms with Gasteiger partial charge >= 0.3 is 0 Å². The van der Waals surface area contributed by atoms with Crippen LogP contribution in [0.3, 0.4) is 0 Å². The molecule has 0 spiro atoms. The predicted octanol–water partition coefficient (Wildman–Crippen LogP) is 1.64. The van der Waals surface area contributed by atoms with E-state index in [2.05, 4.69) is 26.5 Å². The molecule has 0 bridgehead atoms. The lowest BCUT2D eigenvalue weighted by Crippen LogP contribution is -2.13. The molecule has 0 aromatic heterocycles. The first-order valence-electron chi connectivity index (χ1n) is 3.46. The van der Waals surface area contributed by atoms with Crippen molar-refractivity contribution >= 4 is 12.6 Å². The predicted molar refractivity (Wildman–Crippen MR) is 43.5 cm³/mol. The van der Waals surface area contributed by atoms with Crippen LogP contribution in [0, 0.1) is 11.3 Å². The summed E-state index contributed by atoms with van der Waals surface area (Å²) >= 11 is 4.13. The van der Waals surface area contributed by atoms with Crippen molar-refractivity contribution in [3.63, 3.8) is 0 Å². The molecule has 1 aliphatic carbocycles. The van der Waals surface area contributed by atoms with E-state index in [9.17, 15) is 0 Å². The monoisotopic (exact) mass is 145 g/mol. The number of thiol groups is 1. The van der Waals surface area contributed by atoms with Crippen molar-refractivity contribution in [1.82, 2.24) is 0 Å². The van der Waals surface area contributed by atoms with Crippen molar-refractivity contribution in [2.45, 2.75) is 32.1 Å². The third kappa shape index (κ3) is 1.87. The third-order valence-electron chi connectivity index (χ3n) is 2.24. The Hall–Kier alpha value is 0.310. The molecule has 0 amide bonds. The van der Waals surface area contributed by atoms with Gasteiger partial charge in [-0.25, -0.2) is 0 Å². The molecule has 0 radical (unpaired) electrons. The van der Waals surface area contributed by atoms with Gasteiger partial charge in [0.2, 0.25) is 0 Å². The molecule has 1 fully saturated rings. The Bertz CT molecular complexity index is 109. The molecule has 2 heteroatoms. The summed E-state index contributed by atoms with van der Waals surface area (Å²) in [5, 5.41) is 0.0942. The van der Waals surface area contributed by atoms with Crippen LogP contribution in [0.1, 0.15) is 26.7 Å². The zero-order valence-electron chi connectivity index (χ0n) is 6.09. The number of nitrogens with two attached hydrogens (primary N) is 1. The molecule has 0 aromatic carbocycles. The molecule has 1 nitrogen and oxygen atoms in total. The van der Waals surface area contributed by atoms with E-state index in [0.29, 0.717) is 5.41 Å². The maximum atomic E-state index is 5.52. The summed E-state index contributed by atoms with van der Waals surface area (Å²) in [6.07, 6.45) is 2.41. The summed E-state index contributed by atoms with van der Waals surface area (Å²) in [7, 11) is 0. The fourth-order valence-corrected chi connectivity index (χ4v) is 1.52. The lowest BCUT2D eigenvalue weighted by atomic mass is 10.1. The smallest absolute Gasteiger partial charge is 0.0480 e. The second-order valence-electron chi connectivity index (χ2n) is 3.69. The molecule has 0 aromatic rings. The Morgan fingerprint density at radius 1 is 1.78 bits per heavy atom. The second kappa shape index (κ2) is 2.17. The van der Waals surface area contributed by atoms with Crippen molar-refractivity contribution < 1.29 is 0 Å². The minimum atomic E-state index is 0.0942. The van der Waals surface area contributed by atoms with Gasteiger partial charge in [-0.05, 0) is 24.2 Å². The minimum Gasteiger partial charge on any atom is -0.320 e. The van der Waals surface area contributed by atoms with E-state index < -0.39 is 0 Å². The van der Waals surface area contributed by atoms with E-state index in [1.54, 1.807) is 0 Å². The van der Waals surface area contributed by atoms with E-state index in [0.717, 1.165) is 12.3 Å². The molecule has 1 saturated carbocycles. The molecule has 1 rings (SSSR count). The van der Waals surface area contributed by atoms with E-state index in [-0.39, 0.29) is 5.37 Å². The Kier molecular flexibility index (Phi) is 1.79. The molecule has 9 heavy (non-hydrogen) atoms. The van der Waals surface area contributed by atoms with Crippen LogP contribution in [-0.4, -0.2) is 5.37 Å². The average molecular weight is 145 g/mol. The Balaban J connectivity index is 2.20. The summed E-state index contributed by atoms with van der Waals surface area (Å²) in [5.41, 5.74) is 6.09. The lowest BCUT2D eigenvalue weighted by Gasteiger charge is -2.04. The van der Waals surface area contributed by atoms with Gasteiger partial charge in [0, 0.05) is 5.37 Å². The van der Waals surface area contributed by atoms with Gasteiger partial charge in [0.25, 0.3) is 0 Å². The molecule has 0 saturated heterocycles.